The van der Waals surface area contributed by atoms with Crippen LogP contribution in [0.15, 0.2) is 12.1 Å². The minimum Gasteiger partial charge on any atom is -0.494 e. The van der Waals surface area contributed by atoms with Crippen molar-refractivity contribution >= 4 is 0 Å². The molecule has 4 heteroatoms. The highest BCUT2D eigenvalue weighted by Crippen LogP contribution is 2.23. The topological polar surface area (TPSA) is 35.2 Å². The molecule has 78 valence electrons. The van der Waals surface area contributed by atoms with Crippen LogP contribution in [0.2, 0.25) is 0 Å². The fraction of sp³-hybridized carbons (Fsp3) is 0.400. The van der Waals surface area contributed by atoms with Crippen molar-refractivity contribution < 1.29 is 13.5 Å². The molecule has 0 aliphatic rings. The van der Waals surface area contributed by atoms with Crippen molar-refractivity contribution in [1.29, 1.82) is 0 Å². The molecule has 0 bridgehead atoms. The third kappa shape index (κ3) is 2.20. The Kier molecular flexibility index (Phi) is 3.41. The monoisotopic (exact) mass is 201 g/mol. The van der Waals surface area contributed by atoms with E-state index in [0.29, 0.717) is 0 Å². The van der Waals surface area contributed by atoms with Gasteiger partial charge < -0.3 is 10.5 Å². The second kappa shape index (κ2) is 4.37. The standard InChI is InChI=1S/C10H13F2NO/c1-6(13)5-7-8(11)3-4-9(14-2)10(7)12/h3-4,6H,5,13H2,1-2H3. The van der Waals surface area contributed by atoms with Crippen LogP contribution in [0, 0.1) is 11.6 Å². The van der Waals surface area contributed by atoms with E-state index in [-0.39, 0.29) is 23.8 Å². The van der Waals surface area contributed by atoms with Crippen LogP contribution in [0.4, 0.5) is 8.78 Å². The Morgan fingerprint density at radius 3 is 2.57 bits per heavy atom. The molecule has 2 N–H and O–H groups in total. The van der Waals surface area contributed by atoms with Crippen LogP contribution in [-0.4, -0.2) is 13.2 Å². The lowest BCUT2D eigenvalue weighted by Crippen LogP contribution is -2.19. The number of hydrogen-bond donors (Lipinski definition) is 1. The predicted octanol–water partition coefficient (Wildman–Crippen LogP) is 1.86. The Morgan fingerprint density at radius 2 is 2.07 bits per heavy atom. The van der Waals surface area contributed by atoms with E-state index in [2.05, 4.69) is 0 Å². The van der Waals surface area contributed by atoms with Crippen molar-refractivity contribution in [2.45, 2.75) is 19.4 Å². The van der Waals surface area contributed by atoms with Gasteiger partial charge in [-0.3, -0.25) is 0 Å². The number of methoxy groups -OCH3 is 1. The quantitative estimate of drug-likeness (QED) is 0.810. The maximum atomic E-state index is 13.5. The lowest BCUT2D eigenvalue weighted by Gasteiger charge is -2.10. The molecule has 1 unspecified atom stereocenters. The van der Waals surface area contributed by atoms with E-state index in [1.807, 2.05) is 0 Å². The lowest BCUT2D eigenvalue weighted by atomic mass is 10.1. The van der Waals surface area contributed by atoms with Crippen LogP contribution in [0.3, 0.4) is 0 Å². The lowest BCUT2D eigenvalue weighted by molar-refractivity contribution is 0.379. The van der Waals surface area contributed by atoms with Gasteiger partial charge in [0.15, 0.2) is 11.6 Å². The summed E-state index contributed by atoms with van der Waals surface area (Å²) in [5.74, 6) is -1.20. The minimum absolute atomic E-state index is 0.0145. The highest BCUT2D eigenvalue weighted by Gasteiger charge is 2.14. The molecular weight excluding hydrogens is 188 g/mol. The maximum Gasteiger partial charge on any atom is 0.171 e. The molecule has 1 rings (SSSR count). The first-order valence-electron chi connectivity index (χ1n) is 4.32. The van der Waals surface area contributed by atoms with Crippen molar-refractivity contribution in [3.63, 3.8) is 0 Å². The summed E-state index contributed by atoms with van der Waals surface area (Å²) in [6, 6.07) is 2.15. The summed E-state index contributed by atoms with van der Waals surface area (Å²) in [6.45, 7) is 1.69. The summed E-state index contributed by atoms with van der Waals surface area (Å²) in [6.07, 6.45) is 0.162. The summed E-state index contributed by atoms with van der Waals surface area (Å²) in [5, 5.41) is 0. The molecular formula is C10H13F2NO. The minimum atomic E-state index is -0.662. The number of ether oxygens (including phenoxy) is 1. The molecule has 1 atom stereocenters. The first-order chi connectivity index (χ1) is 6.56. The molecule has 0 spiro atoms. The van der Waals surface area contributed by atoms with E-state index in [1.165, 1.54) is 19.2 Å². The largest absolute Gasteiger partial charge is 0.494 e. The zero-order chi connectivity index (χ0) is 10.7. The number of hydrogen-bond acceptors (Lipinski definition) is 2. The summed E-state index contributed by atoms with van der Waals surface area (Å²) in [5.41, 5.74) is 5.47. The van der Waals surface area contributed by atoms with Gasteiger partial charge in [0.05, 0.1) is 7.11 Å². The molecule has 0 amide bonds. The average Bonchev–Trinajstić information content (AvgIpc) is 2.12. The first-order valence-corrected chi connectivity index (χ1v) is 4.32. The molecule has 0 aromatic heterocycles. The van der Waals surface area contributed by atoms with Crippen molar-refractivity contribution in [3.05, 3.63) is 29.3 Å². The zero-order valence-corrected chi connectivity index (χ0v) is 8.18. The predicted molar refractivity (Wildman–Crippen MR) is 50.3 cm³/mol. The summed E-state index contributed by atoms with van der Waals surface area (Å²) >= 11 is 0. The van der Waals surface area contributed by atoms with E-state index in [9.17, 15) is 8.78 Å². The normalized spacial score (nSPS) is 12.6. The van der Waals surface area contributed by atoms with E-state index in [4.69, 9.17) is 10.5 Å². The third-order valence-electron chi connectivity index (χ3n) is 1.90. The zero-order valence-electron chi connectivity index (χ0n) is 8.18. The molecule has 0 aliphatic carbocycles. The van der Waals surface area contributed by atoms with Gasteiger partial charge in [0, 0.05) is 11.6 Å². The SMILES string of the molecule is COc1ccc(F)c(CC(C)N)c1F. The highest BCUT2D eigenvalue weighted by atomic mass is 19.1. The molecule has 0 fully saturated rings. The number of halogens is 2. The highest BCUT2D eigenvalue weighted by molar-refractivity contribution is 5.32. The number of benzene rings is 1. The van der Waals surface area contributed by atoms with Crippen LogP contribution in [0.25, 0.3) is 0 Å². The second-order valence-electron chi connectivity index (χ2n) is 3.22. The van der Waals surface area contributed by atoms with Gasteiger partial charge in [0.25, 0.3) is 0 Å². The molecule has 0 saturated carbocycles. The van der Waals surface area contributed by atoms with Crippen LogP contribution < -0.4 is 10.5 Å². The Bertz CT molecular complexity index is 326. The molecule has 2 nitrogen and oxygen atoms in total. The van der Waals surface area contributed by atoms with Gasteiger partial charge in [-0.1, -0.05) is 0 Å². The van der Waals surface area contributed by atoms with Gasteiger partial charge in [-0.05, 0) is 25.5 Å². The Morgan fingerprint density at radius 1 is 1.43 bits per heavy atom. The van der Waals surface area contributed by atoms with Crippen LogP contribution in [-0.2, 0) is 6.42 Å². The smallest absolute Gasteiger partial charge is 0.171 e. The Labute approximate surface area is 81.7 Å². The molecule has 0 radical (unpaired) electrons. The van der Waals surface area contributed by atoms with E-state index in [0.717, 1.165) is 0 Å². The van der Waals surface area contributed by atoms with Gasteiger partial charge in [0.2, 0.25) is 0 Å². The van der Waals surface area contributed by atoms with E-state index < -0.39 is 11.6 Å². The molecule has 0 saturated heterocycles. The van der Waals surface area contributed by atoms with E-state index >= 15 is 0 Å². The Balaban J connectivity index is 3.11. The molecule has 1 aromatic carbocycles. The van der Waals surface area contributed by atoms with Crippen molar-refractivity contribution in [2.75, 3.05) is 7.11 Å². The second-order valence-corrected chi connectivity index (χ2v) is 3.22. The van der Waals surface area contributed by atoms with Gasteiger partial charge in [-0.2, -0.15) is 0 Å². The van der Waals surface area contributed by atoms with Crippen LogP contribution in [0.5, 0.6) is 5.75 Å². The average molecular weight is 201 g/mol. The summed E-state index contributed by atoms with van der Waals surface area (Å²) in [4.78, 5) is 0. The summed E-state index contributed by atoms with van der Waals surface area (Å²) in [7, 11) is 1.34. The molecule has 0 aliphatic heterocycles. The fourth-order valence-corrected chi connectivity index (χ4v) is 1.24. The van der Waals surface area contributed by atoms with E-state index in [1.54, 1.807) is 6.92 Å². The van der Waals surface area contributed by atoms with Gasteiger partial charge in [-0.15, -0.1) is 0 Å². The van der Waals surface area contributed by atoms with Gasteiger partial charge in [-0.25, -0.2) is 8.78 Å². The van der Waals surface area contributed by atoms with Crippen molar-refractivity contribution in [3.8, 4) is 5.75 Å². The van der Waals surface area contributed by atoms with Gasteiger partial charge in [0.1, 0.15) is 5.82 Å². The maximum absolute atomic E-state index is 13.5. The number of rotatable bonds is 3. The Hall–Kier alpha value is -1.16. The van der Waals surface area contributed by atoms with Gasteiger partial charge >= 0.3 is 0 Å². The molecule has 14 heavy (non-hydrogen) atoms. The van der Waals surface area contributed by atoms with Crippen LogP contribution >= 0.6 is 0 Å². The van der Waals surface area contributed by atoms with Crippen molar-refractivity contribution in [2.24, 2.45) is 5.73 Å². The summed E-state index contributed by atoms with van der Waals surface area (Å²) < 4.78 is 31.4. The first kappa shape index (κ1) is 10.9. The van der Waals surface area contributed by atoms with Crippen molar-refractivity contribution in [1.82, 2.24) is 0 Å². The molecule has 0 heterocycles. The van der Waals surface area contributed by atoms with Crippen LogP contribution in [0.1, 0.15) is 12.5 Å². The third-order valence-corrected chi connectivity index (χ3v) is 1.90. The number of nitrogens with two attached hydrogens (primary N) is 1. The fourth-order valence-electron chi connectivity index (χ4n) is 1.24. The molecule has 1 aromatic rings.